The van der Waals surface area contributed by atoms with Crippen LogP contribution in [-0.4, -0.2) is 5.11 Å². The van der Waals surface area contributed by atoms with Gasteiger partial charge >= 0.3 is 0 Å². The van der Waals surface area contributed by atoms with Crippen molar-refractivity contribution in [3.05, 3.63) is 57.2 Å². The number of aryl methyl sites for hydroxylation is 1. The predicted octanol–water partition coefficient (Wildman–Crippen LogP) is 3.92. The first kappa shape index (κ1) is 12.2. The maximum absolute atomic E-state index is 9.89. The van der Waals surface area contributed by atoms with Crippen LogP contribution < -0.4 is 5.32 Å². The highest BCUT2D eigenvalue weighted by atomic mass is 127. The van der Waals surface area contributed by atoms with E-state index < -0.39 is 0 Å². The van der Waals surface area contributed by atoms with Crippen LogP contribution in [0.4, 0.5) is 5.69 Å². The smallest absolute Gasteiger partial charge is 0.123 e. The number of para-hydroxylation sites is 1. The number of phenols is 1. The molecular weight excluding hydrogens is 325 g/mol. The zero-order valence-electron chi connectivity index (χ0n) is 9.57. The summed E-state index contributed by atoms with van der Waals surface area (Å²) in [5, 5.41) is 13.2. The fraction of sp³-hybridized carbons (Fsp3) is 0.143. The lowest BCUT2D eigenvalue weighted by Crippen LogP contribution is -2.00. The zero-order chi connectivity index (χ0) is 12.3. The first-order valence-corrected chi connectivity index (χ1v) is 6.51. The van der Waals surface area contributed by atoms with E-state index in [4.69, 9.17) is 0 Å². The van der Waals surface area contributed by atoms with E-state index in [1.54, 1.807) is 0 Å². The van der Waals surface area contributed by atoms with Crippen LogP contribution in [0.2, 0.25) is 0 Å². The van der Waals surface area contributed by atoms with Crippen molar-refractivity contribution in [3.63, 3.8) is 0 Å². The third-order valence-corrected chi connectivity index (χ3v) is 3.30. The minimum Gasteiger partial charge on any atom is -0.507 e. The molecule has 0 fully saturated rings. The van der Waals surface area contributed by atoms with Crippen LogP contribution in [0.25, 0.3) is 0 Å². The second kappa shape index (κ2) is 5.40. The van der Waals surface area contributed by atoms with Gasteiger partial charge in [0.25, 0.3) is 0 Å². The van der Waals surface area contributed by atoms with Crippen LogP contribution in [-0.2, 0) is 6.54 Å². The van der Waals surface area contributed by atoms with Gasteiger partial charge in [-0.2, -0.15) is 0 Å². The molecule has 0 unspecified atom stereocenters. The van der Waals surface area contributed by atoms with E-state index in [9.17, 15) is 5.11 Å². The molecule has 88 valence electrons. The van der Waals surface area contributed by atoms with Crippen molar-refractivity contribution in [2.45, 2.75) is 13.5 Å². The van der Waals surface area contributed by atoms with Crippen molar-refractivity contribution in [2.75, 3.05) is 5.32 Å². The van der Waals surface area contributed by atoms with Gasteiger partial charge in [-0.1, -0.05) is 24.3 Å². The average Bonchev–Trinajstić information content (AvgIpc) is 2.31. The minimum absolute atomic E-state index is 0.380. The zero-order valence-corrected chi connectivity index (χ0v) is 11.7. The molecule has 2 aromatic rings. The van der Waals surface area contributed by atoms with E-state index in [2.05, 4.69) is 40.0 Å². The summed E-state index contributed by atoms with van der Waals surface area (Å²) in [6, 6.07) is 14.0. The predicted molar refractivity (Wildman–Crippen MR) is 79.3 cm³/mol. The van der Waals surface area contributed by atoms with E-state index in [0.717, 1.165) is 16.8 Å². The van der Waals surface area contributed by atoms with Crippen LogP contribution in [0.3, 0.4) is 0 Å². The summed E-state index contributed by atoms with van der Waals surface area (Å²) >= 11 is 2.28. The largest absolute Gasteiger partial charge is 0.507 e. The number of hydrogen-bond donors (Lipinski definition) is 2. The normalized spacial score (nSPS) is 10.2. The van der Waals surface area contributed by atoms with E-state index in [0.29, 0.717) is 12.3 Å². The first-order valence-electron chi connectivity index (χ1n) is 5.44. The van der Waals surface area contributed by atoms with Crippen molar-refractivity contribution < 1.29 is 5.11 Å². The topological polar surface area (TPSA) is 32.3 Å². The van der Waals surface area contributed by atoms with Crippen molar-refractivity contribution in [1.29, 1.82) is 0 Å². The molecule has 3 heteroatoms. The Balaban J connectivity index is 2.10. The highest BCUT2D eigenvalue weighted by Crippen LogP contribution is 2.22. The van der Waals surface area contributed by atoms with Gasteiger partial charge in [-0.15, -0.1) is 0 Å². The lowest BCUT2D eigenvalue weighted by molar-refractivity contribution is 0.465. The molecule has 0 spiro atoms. The van der Waals surface area contributed by atoms with E-state index >= 15 is 0 Å². The molecule has 0 atom stereocenters. The molecule has 0 radical (unpaired) electrons. The van der Waals surface area contributed by atoms with E-state index in [1.807, 2.05) is 37.3 Å². The number of rotatable bonds is 3. The number of aromatic hydroxyl groups is 1. The summed E-state index contributed by atoms with van der Waals surface area (Å²) in [5.41, 5.74) is 2.90. The number of benzene rings is 2. The number of anilines is 1. The molecule has 2 rings (SSSR count). The first-order chi connectivity index (χ1) is 8.16. The highest BCUT2D eigenvalue weighted by molar-refractivity contribution is 14.1. The van der Waals surface area contributed by atoms with Gasteiger partial charge in [0.05, 0.1) is 0 Å². The number of hydrogen-bond acceptors (Lipinski definition) is 2. The molecule has 0 saturated carbocycles. The molecule has 2 nitrogen and oxygen atoms in total. The maximum Gasteiger partial charge on any atom is 0.123 e. The standard InChI is InChI=1S/C14H14INO/c1-10-4-2-5-11(14(10)17)9-16-13-7-3-6-12(15)8-13/h2-8,16-17H,9H2,1H3. The molecule has 0 heterocycles. The minimum atomic E-state index is 0.380. The molecule has 0 aliphatic heterocycles. The maximum atomic E-state index is 9.89. The Bertz CT molecular complexity index is 525. The molecule has 0 aliphatic carbocycles. The molecule has 0 aliphatic rings. The van der Waals surface area contributed by atoms with Gasteiger partial charge in [0.1, 0.15) is 5.75 Å². The van der Waals surface area contributed by atoms with Crippen molar-refractivity contribution in [3.8, 4) is 5.75 Å². The Kier molecular flexibility index (Phi) is 3.89. The van der Waals surface area contributed by atoms with E-state index in [1.165, 1.54) is 3.57 Å². The quantitative estimate of drug-likeness (QED) is 0.831. The van der Waals surface area contributed by atoms with Gasteiger partial charge in [0, 0.05) is 21.4 Å². The van der Waals surface area contributed by atoms with Crippen LogP contribution >= 0.6 is 22.6 Å². The molecule has 0 amide bonds. The summed E-state index contributed by atoms with van der Waals surface area (Å²) in [4.78, 5) is 0. The Labute approximate surface area is 115 Å². The Morgan fingerprint density at radius 2 is 1.94 bits per heavy atom. The van der Waals surface area contributed by atoms with E-state index in [-0.39, 0.29) is 0 Å². The average molecular weight is 339 g/mol. The van der Waals surface area contributed by atoms with Crippen LogP contribution in [0.1, 0.15) is 11.1 Å². The SMILES string of the molecule is Cc1cccc(CNc2cccc(I)c2)c1O. The van der Waals surface area contributed by atoms with Gasteiger partial charge < -0.3 is 10.4 Å². The van der Waals surface area contributed by atoms with Gasteiger partial charge in [-0.3, -0.25) is 0 Å². The van der Waals surface area contributed by atoms with Crippen molar-refractivity contribution in [2.24, 2.45) is 0 Å². The van der Waals surface area contributed by atoms with Crippen molar-refractivity contribution in [1.82, 2.24) is 0 Å². The summed E-state index contributed by atoms with van der Waals surface area (Å²) in [6.45, 7) is 2.54. The molecule has 2 aromatic carbocycles. The van der Waals surface area contributed by atoms with Crippen LogP contribution in [0.15, 0.2) is 42.5 Å². The van der Waals surface area contributed by atoms with Crippen molar-refractivity contribution >= 4 is 28.3 Å². The molecule has 0 saturated heterocycles. The van der Waals surface area contributed by atoms with Crippen LogP contribution in [0, 0.1) is 10.5 Å². The third-order valence-electron chi connectivity index (χ3n) is 2.63. The Morgan fingerprint density at radius 1 is 1.18 bits per heavy atom. The molecule has 17 heavy (non-hydrogen) atoms. The highest BCUT2D eigenvalue weighted by Gasteiger charge is 2.03. The lowest BCUT2D eigenvalue weighted by atomic mass is 10.1. The van der Waals surface area contributed by atoms with Gasteiger partial charge in [0.15, 0.2) is 0 Å². The van der Waals surface area contributed by atoms with Gasteiger partial charge in [-0.25, -0.2) is 0 Å². The second-order valence-corrected chi connectivity index (χ2v) is 5.19. The summed E-state index contributed by atoms with van der Waals surface area (Å²) < 4.78 is 1.20. The molecule has 2 N–H and O–H groups in total. The summed E-state index contributed by atoms with van der Waals surface area (Å²) in [6.07, 6.45) is 0. The Hall–Kier alpha value is -1.23. The fourth-order valence-electron chi connectivity index (χ4n) is 1.66. The number of nitrogens with one attached hydrogen (secondary N) is 1. The second-order valence-electron chi connectivity index (χ2n) is 3.95. The monoisotopic (exact) mass is 339 g/mol. The molecule has 0 bridgehead atoms. The fourth-order valence-corrected chi connectivity index (χ4v) is 2.20. The summed E-state index contributed by atoms with van der Waals surface area (Å²) in [5.74, 6) is 0.380. The number of phenolic OH excluding ortho intramolecular Hbond substituents is 1. The summed E-state index contributed by atoms with van der Waals surface area (Å²) in [7, 11) is 0. The van der Waals surface area contributed by atoms with Crippen LogP contribution in [0.5, 0.6) is 5.75 Å². The Morgan fingerprint density at radius 3 is 2.71 bits per heavy atom. The van der Waals surface area contributed by atoms with Gasteiger partial charge in [-0.05, 0) is 53.3 Å². The lowest BCUT2D eigenvalue weighted by Gasteiger charge is -2.09. The third kappa shape index (κ3) is 3.12. The molecular formula is C14H14INO. The van der Waals surface area contributed by atoms with Gasteiger partial charge in [0.2, 0.25) is 0 Å². The molecule has 0 aromatic heterocycles. The number of halogens is 1.